The van der Waals surface area contributed by atoms with Gasteiger partial charge in [0, 0.05) is 6.54 Å². The number of fused-ring (bicyclic) bond motifs is 5. The predicted molar refractivity (Wildman–Crippen MR) is 152 cm³/mol. The van der Waals surface area contributed by atoms with Crippen LogP contribution in [0.1, 0.15) is 105 Å². The molecular formula is C31H56NO4P. The smallest absolute Gasteiger partial charge is 0.307 e. The fourth-order valence-corrected chi connectivity index (χ4v) is 10.2. The van der Waals surface area contributed by atoms with Crippen LogP contribution in [0, 0.1) is 46.3 Å². The molecule has 0 aromatic heterocycles. The normalized spacial score (nSPS) is 40.1. The number of rotatable bonds is 11. The van der Waals surface area contributed by atoms with Gasteiger partial charge in [0.25, 0.3) is 0 Å². The van der Waals surface area contributed by atoms with Crippen LogP contribution < -0.4 is 0 Å². The van der Waals surface area contributed by atoms with Gasteiger partial charge in [0.1, 0.15) is 0 Å². The van der Waals surface area contributed by atoms with E-state index < -0.39 is 7.82 Å². The van der Waals surface area contributed by atoms with Crippen molar-refractivity contribution in [2.24, 2.45) is 46.3 Å². The Kier molecular flexibility index (Phi) is 9.45. The predicted octanol–water partition coefficient (Wildman–Crippen LogP) is 8.09. The summed E-state index contributed by atoms with van der Waals surface area (Å²) in [5.41, 5.74) is 2.21. The minimum atomic E-state index is -4.02. The van der Waals surface area contributed by atoms with Crippen LogP contribution in [-0.2, 0) is 13.6 Å². The second-order valence-corrected chi connectivity index (χ2v) is 15.8. The molecule has 0 amide bonds. The molecule has 4 unspecified atom stereocenters. The Morgan fingerprint density at radius 1 is 1.08 bits per heavy atom. The summed E-state index contributed by atoms with van der Waals surface area (Å²) in [6.45, 7) is 13.2. The van der Waals surface area contributed by atoms with Crippen molar-refractivity contribution in [1.29, 1.82) is 0 Å². The lowest BCUT2D eigenvalue weighted by Crippen LogP contribution is -2.51. The average molecular weight is 538 g/mol. The molecule has 0 spiro atoms. The highest BCUT2D eigenvalue weighted by Crippen LogP contribution is 2.67. The Hall–Kier alpha value is -0.190. The molecule has 37 heavy (non-hydrogen) atoms. The van der Waals surface area contributed by atoms with Gasteiger partial charge in [-0.25, -0.2) is 4.57 Å². The van der Waals surface area contributed by atoms with Crippen molar-refractivity contribution in [2.45, 2.75) is 111 Å². The van der Waals surface area contributed by atoms with Crippen molar-refractivity contribution in [2.75, 3.05) is 27.2 Å². The molecule has 6 heteroatoms. The van der Waals surface area contributed by atoms with E-state index in [-0.39, 0.29) is 18.1 Å². The molecule has 0 saturated heterocycles. The van der Waals surface area contributed by atoms with Crippen molar-refractivity contribution >= 4 is 7.82 Å². The number of phosphoric ester groups is 1. The second-order valence-electron chi connectivity index (χ2n) is 14.4. The zero-order valence-electron chi connectivity index (χ0n) is 24.9. The van der Waals surface area contributed by atoms with E-state index in [0.29, 0.717) is 12.0 Å². The zero-order valence-corrected chi connectivity index (χ0v) is 25.8. The molecule has 1 N–H and O–H groups in total. The molecule has 214 valence electrons. The first kappa shape index (κ1) is 29.8. The molecule has 3 saturated carbocycles. The Balaban J connectivity index is 1.39. The standard InChI is InChI=1S/C31H56NO4P/c1-22(2)9-8-10-23(3)27-13-14-28-26-12-11-24-21-25(36-37(33,34)35-20-19-32(6)7)15-17-30(24,4)29(26)16-18-31(27,28)5/h11,22-23,25-29H,8-10,12-21H2,1-7H3,(H,33,34)/t23-,25+,26+,27?,28?,29?,30+,31-/m1/s1. The molecule has 9 atom stereocenters. The van der Waals surface area contributed by atoms with Gasteiger partial charge in [-0.3, -0.25) is 9.05 Å². The molecule has 0 aromatic carbocycles. The van der Waals surface area contributed by atoms with E-state index in [2.05, 4.69) is 40.7 Å². The van der Waals surface area contributed by atoms with Crippen LogP contribution in [0.2, 0.25) is 0 Å². The topological polar surface area (TPSA) is 59.0 Å². The molecule has 0 bridgehead atoms. The number of allylic oxidation sites excluding steroid dienone is 1. The van der Waals surface area contributed by atoms with Crippen LogP contribution in [0.4, 0.5) is 0 Å². The van der Waals surface area contributed by atoms with E-state index >= 15 is 0 Å². The molecule has 0 aromatic rings. The van der Waals surface area contributed by atoms with Gasteiger partial charge in [-0.05, 0) is 112 Å². The maximum atomic E-state index is 12.5. The number of phosphoric acid groups is 1. The van der Waals surface area contributed by atoms with Crippen LogP contribution in [0.15, 0.2) is 11.6 Å². The Labute approximate surface area is 227 Å². The van der Waals surface area contributed by atoms with E-state index in [4.69, 9.17) is 9.05 Å². The lowest BCUT2D eigenvalue weighted by Gasteiger charge is -2.58. The van der Waals surface area contributed by atoms with Gasteiger partial charge in [0.2, 0.25) is 0 Å². The van der Waals surface area contributed by atoms with Crippen LogP contribution in [0.25, 0.3) is 0 Å². The molecule has 0 heterocycles. The maximum Gasteiger partial charge on any atom is 0.472 e. The van der Waals surface area contributed by atoms with Crippen molar-refractivity contribution in [3.8, 4) is 0 Å². The minimum Gasteiger partial charge on any atom is -0.307 e. The van der Waals surface area contributed by atoms with Gasteiger partial charge in [0.05, 0.1) is 12.7 Å². The van der Waals surface area contributed by atoms with Crippen LogP contribution in [0.5, 0.6) is 0 Å². The first-order valence-corrected chi connectivity index (χ1v) is 16.8. The van der Waals surface area contributed by atoms with E-state index in [9.17, 15) is 9.46 Å². The van der Waals surface area contributed by atoms with E-state index in [1.54, 1.807) is 0 Å². The highest BCUT2D eigenvalue weighted by Gasteiger charge is 2.59. The fraction of sp³-hybridized carbons (Fsp3) is 0.935. The summed E-state index contributed by atoms with van der Waals surface area (Å²) in [6, 6.07) is 0. The van der Waals surface area contributed by atoms with Gasteiger partial charge in [-0.2, -0.15) is 0 Å². The summed E-state index contributed by atoms with van der Waals surface area (Å²) in [5, 5.41) is 0. The second kappa shape index (κ2) is 11.7. The first-order valence-electron chi connectivity index (χ1n) is 15.4. The average Bonchev–Trinajstić information content (AvgIpc) is 3.15. The summed E-state index contributed by atoms with van der Waals surface area (Å²) in [5.74, 6) is 4.96. The van der Waals surface area contributed by atoms with E-state index in [1.807, 2.05) is 19.0 Å². The van der Waals surface area contributed by atoms with Crippen molar-refractivity contribution < 1.29 is 18.5 Å². The quantitative estimate of drug-likeness (QED) is 0.213. The van der Waals surface area contributed by atoms with Gasteiger partial charge >= 0.3 is 7.82 Å². The molecule has 4 aliphatic carbocycles. The van der Waals surface area contributed by atoms with Gasteiger partial charge in [0.15, 0.2) is 0 Å². The highest BCUT2D eigenvalue weighted by atomic mass is 31.2. The largest absolute Gasteiger partial charge is 0.472 e. The van der Waals surface area contributed by atoms with Crippen molar-refractivity contribution in [3.63, 3.8) is 0 Å². The molecule has 5 nitrogen and oxygen atoms in total. The highest BCUT2D eigenvalue weighted by molar-refractivity contribution is 7.47. The monoisotopic (exact) mass is 537 g/mol. The minimum absolute atomic E-state index is 0.204. The van der Waals surface area contributed by atoms with Gasteiger partial charge < -0.3 is 9.79 Å². The Bertz CT molecular complexity index is 858. The Morgan fingerprint density at radius 3 is 2.54 bits per heavy atom. The summed E-state index contributed by atoms with van der Waals surface area (Å²) in [4.78, 5) is 12.2. The number of hydrogen-bond donors (Lipinski definition) is 1. The SMILES string of the molecule is CC(C)CCC[C@@H](C)C1CCC2[C@@H]3CC=C4C[C@@H](OP(=O)(O)OCCN(C)C)CC[C@]4(C)C3CC[C@@]21C. The summed E-state index contributed by atoms with van der Waals surface area (Å²) in [7, 11) is -0.179. The van der Waals surface area contributed by atoms with Crippen molar-refractivity contribution in [3.05, 3.63) is 11.6 Å². The summed E-state index contributed by atoms with van der Waals surface area (Å²) in [6.07, 6.45) is 15.9. The van der Waals surface area contributed by atoms with Crippen LogP contribution >= 0.6 is 7.82 Å². The van der Waals surface area contributed by atoms with Gasteiger partial charge in [-0.1, -0.05) is 65.5 Å². The molecule has 3 fully saturated rings. The molecular weight excluding hydrogens is 481 g/mol. The molecule has 0 aliphatic heterocycles. The van der Waals surface area contributed by atoms with E-state index in [1.165, 1.54) is 56.9 Å². The summed E-state index contributed by atoms with van der Waals surface area (Å²) >= 11 is 0. The molecule has 4 aliphatic rings. The number of nitrogens with zero attached hydrogens (tertiary/aromatic N) is 1. The number of likely N-dealkylation sites (N-methyl/N-ethyl adjacent to an activating group) is 1. The summed E-state index contributed by atoms with van der Waals surface area (Å²) < 4.78 is 23.5. The fourth-order valence-electron chi connectivity index (χ4n) is 9.30. The third kappa shape index (κ3) is 6.43. The van der Waals surface area contributed by atoms with Gasteiger partial charge in [-0.15, -0.1) is 0 Å². The van der Waals surface area contributed by atoms with Crippen LogP contribution in [-0.4, -0.2) is 43.1 Å². The Morgan fingerprint density at radius 2 is 1.84 bits per heavy atom. The van der Waals surface area contributed by atoms with Crippen molar-refractivity contribution in [1.82, 2.24) is 4.90 Å². The lowest BCUT2D eigenvalue weighted by atomic mass is 9.47. The first-order chi connectivity index (χ1) is 17.4. The maximum absolute atomic E-state index is 12.5. The molecule has 4 rings (SSSR count). The third-order valence-corrected chi connectivity index (χ3v) is 12.4. The third-order valence-electron chi connectivity index (χ3n) is 11.3. The lowest BCUT2D eigenvalue weighted by molar-refractivity contribution is -0.0574. The molecule has 0 radical (unpaired) electrons. The van der Waals surface area contributed by atoms with E-state index in [0.717, 1.165) is 54.8 Å². The van der Waals surface area contributed by atoms with Crippen LogP contribution in [0.3, 0.4) is 0 Å². The zero-order chi connectivity index (χ0) is 27.0. The number of hydrogen-bond acceptors (Lipinski definition) is 4.